The topological polar surface area (TPSA) is 79.7 Å². The minimum absolute atomic E-state index is 0.105. The maximum atomic E-state index is 13.0. The standard InChI is InChI=1S/C20H25N5O3/c1-20(2)13-24(11-14-6-4-5-7-17(14)28-20)19(27)22-16-8-9-25(18(16)26)15-10-21-23(3)12-15/h4-7,10,12,16H,8-9,11,13H2,1-3H3,(H,22,27). The van der Waals surface area contributed by atoms with Crippen LogP contribution >= 0.6 is 0 Å². The SMILES string of the molecule is Cn1cc(N2CCC(NC(=O)N3Cc4ccccc4OC(C)(C)C3)C2=O)cn1. The zero-order valence-electron chi connectivity index (χ0n) is 16.4. The van der Waals surface area contributed by atoms with Crippen LogP contribution in [0.2, 0.25) is 0 Å². The Morgan fingerprint density at radius 2 is 2.11 bits per heavy atom. The van der Waals surface area contributed by atoms with Crippen LogP contribution in [-0.2, 0) is 18.4 Å². The van der Waals surface area contributed by atoms with Crippen LogP contribution in [0.3, 0.4) is 0 Å². The van der Waals surface area contributed by atoms with Gasteiger partial charge in [-0.1, -0.05) is 18.2 Å². The zero-order chi connectivity index (χ0) is 19.9. The number of carbonyl (C=O) groups is 2. The molecule has 0 saturated carbocycles. The number of aromatic nitrogens is 2. The summed E-state index contributed by atoms with van der Waals surface area (Å²) in [5.74, 6) is 0.689. The van der Waals surface area contributed by atoms with Crippen molar-refractivity contribution >= 4 is 17.6 Å². The normalized spacial score (nSPS) is 21.1. The molecule has 1 aromatic heterocycles. The van der Waals surface area contributed by atoms with E-state index in [-0.39, 0.29) is 11.9 Å². The fourth-order valence-electron chi connectivity index (χ4n) is 3.79. The van der Waals surface area contributed by atoms with Gasteiger partial charge in [0.25, 0.3) is 0 Å². The van der Waals surface area contributed by atoms with Crippen LogP contribution in [-0.4, -0.2) is 51.4 Å². The molecule has 1 aromatic carbocycles. The van der Waals surface area contributed by atoms with Crippen LogP contribution in [0, 0.1) is 0 Å². The van der Waals surface area contributed by atoms with Gasteiger partial charge in [-0.15, -0.1) is 0 Å². The monoisotopic (exact) mass is 383 g/mol. The van der Waals surface area contributed by atoms with E-state index in [2.05, 4.69) is 10.4 Å². The molecule has 3 heterocycles. The highest BCUT2D eigenvalue weighted by molar-refractivity contribution is 6.01. The molecule has 28 heavy (non-hydrogen) atoms. The van der Waals surface area contributed by atoms with Gasteiger partial charge in [0.05, 0.1) is 25.0 Å². The van der Waals surface area contributed by atoms with Crippen LogP contribution < -0.4 is 15.0 Å². The Labute approximate surface area is 164 Å². The van der Waals surface area contributed by atoms with E-state index in [0.29, 0.717) is 26.1 Å². The summed E-state index contributed by atoms with van der Waals surface area (Å²) in [5.41, 5.74) is 1.19. The van der Waals surface area contributed by atoms with Gasteiger partial charge in [0, 0.05) is 25.4 Å². The van der Waals surface area contributed by atoms with Gasteiger partial charge < -0.3 is 19.9 Å². The van der Waals surface area contributed by atoms with Gasteiger partial charge in [-0.2, -0.15) is 5.10 Å². The average Bonchev–Trinajstić information content (AvgIpc) is 3.17. The third-order valence-electron chi connectivity index (χ3n) is 5.09. The zero-order valence-corrected chi connectivity index (χ0v) is 16.4. The van der Waals surface area contributed by atoms with E-state index in [0.717, 1.165) is 17.0 Å². The Hall–Kier alpha value is -3.03. The molecule has 3 amide bonds. The average molecular weight is 383 g/mol. The first kappa shape index (κ1) is 18.3. The van der Waals surface area contributed by atoms with E-state index in [9.17, 15) is 9.59 Å². The summed E-state index contributed by atoms with van der Waals surface area (Å²) in [4.78, 5) is 29.1. The minimum atomic E-state index is -0.532. The van der Waals surface area contributed by atoms with Crippen molar-refractivity contribution in [3.05, 3.63) is 42.2 Å². The van der Waals surface area contributed by atoms with Gasteiger partial charge in [-0.3, -0.25) is 9.48 Å². The fourth-order valence-corrected chi connectivity index (χ4v) is 3.79. The molecule has 0 aliphatic carbocycles. The highest BCUT2D eigenvalue weighted by Crippen LogP contribution is 2.29. The Morgan fingerprint density at radius 3 is 2.86 bits per heavy atom. The van der Waals surface area contributed by atoms with Crippen LogP contribution in [0.25, 0.3) is 0 Å². The number of hydrogen-bond donors (Lipinski definition) is 1. The Bertz CT molecular complexity index is 907. The molecule has 0 bridgehead atoms. The number of hydrogen-bond acceptors (Lipinski definition) is 4. The molecular formula is C20H25N5O3. The molecule has 148 valence electrons. The van der Waals surface area contributed by atoms with Crippen molar-refractivity contribution in [1.29, 1.82) is 0 Å². The molecule has 8 heteroatoms. The summed E-state index contributed by atoms with van der Waals surface area (Å²) in [7, 11) is 1.81. The summed E-state index contributed by atoms with van der Waals surface area (Å²) in [5, 5.41) is 7.03. The number of fused-ring (bicyclic) bond motifs is 1. The van der Waals surface area contributed by atoms with E-state index in [4.69, 9.17) is 4.74 Å². The number of anilines is 1. The number of rotatable bonds is 2. The third-order valence-corrected chi connectivity index (χ3v) is 5.09. The van der Waals surface area contributed by atoms with Crippen molar-refractivity contribution in [2.75, 3.05) is 18.0 Å². The number of carbonyl (C=O) groups excluding carboxylic acids is 2. The van der Waals surface area contributed by atoms with Gasteiger partial charge in [-0.25, -0.2) is 4.79 Å². The molecule has 0 spiro atoms. The second-order valence-electron chi connectivity index (χ2n) is 7.98. The molecule has 2 aliphatic heterocycles. The predicted molar refractivity (Wildman–Crippen MR) is 104 cm³/mol. The maximum absolute atomic E-state index is 13.0. The van der Waals surface area contributed by atoms with Crippen molar-refractivity contribution in [1.82, 2.24) is 20.0 Å². The number of nitrogens with zero attached hydrogens (tertiary/aromatic N) is 4. The molecule has 8 nitrogen and oxygen atoms in total. The second kappa shape index (κ2) is 6.85. The third kappa shape index (κ3) is 3.54. The van der Waals surface area contributed by atoms with Gasteiger partial charge in [0.2, 0.25) is 5.91 Å². The first-order valence-electron chi connectivity index (χ1n) is 9.45. The lowest BCUT2D eigenvalue weighted by atomic mass is 10.1. The first-order chi connectivity index (χ1) is 13.3. The van der Waals surface area contributed by atoms with E-state index in [1.165, 1.54) is 0 Å². The van der Waals surface area contributed by atoms with Crippen LogP contribution in [0.4, 0.5) is 10.5 Å². The molecule has 1 atom stereocenters. The molecule has 1 unspecified atom stereocenters. The molecule has 1 saturated heterocycles. The van der Waals surface area contributed by atoms with Crippen LogP contribution in [0.15, 0.2) is 36.7 Å². The lowest BCUT2D eigenvalue weighted by Crippen LogP contribution is -2.51. The number of benzene rings is 1. The van der Waals surface area contributed by atoms with E-state index >= 15 is 0 Å². The highest BCUT2D eigenvalue weighted by atomic mass is 16.5. The van der Waals surface area contributed by atoms with Crippen LogP contribution in [0.1, 0.15) is 25.8 Å². The lowest BCUT2D eigenvalue weighted by Gasteiger charge is -2.30. The maximum Gasteiger partial charge on any atom is 0.318 e. The van der Waals surface area contributed by atoms with Crippen molar-refractivity contribution in [2.45, 2.75) is 38.5 Å². The Balaban J connectivity index is 1.47. The number of amides is 3. The Morgan fingerprint density at radius 1 is 1.32 bits per heavy atom. The van der Waals surface area contributed by atoms with Gasteiger partial charge in [0.15, 0.2) is 0 Å². The van der Waals surface area contributed by atoms with Crippen molar-refractivity contribution in [3.8, 4) is 5.75 Å². The number of aryl methyl sites for hydroxylation is 1. The van der Waals surface area contributed by atoms with E-state index in [1.807, 2.05) is 45.2 Å². The highest BCUT2D eigenvalue weighted by Gasteiger charge is 2.37. The predicted octanol–water partition coefficient (Wildman–Crippen LogP) is 1.91. The van der Waals surface area contributed by atoms with Crippen LogP contribution in [0.5, 0.6) is 5.75 Å². The molecule has 1 fully saturated rings. The lowest BCUT2D eigenvalue weighted by molar-refractivity contribution is -0.118. The number of urea groups is 1. The summed E-state index contributed by atoms with van der Waals surface area (Å²) in [6.07, 6.45) is 4.03. The first-order valence-corrected chi connectivity index (χ1v) is 9.45. The molecule has 4 rings (SSSR count). The fraction of sp³-hybridized carbons (Fsp3) is 0.450. The molecule has 1 N–H and O–H groups in total. The molecule has 0 radical (unpaired) electrons. The Kier molecular flexibility index (Phi) is 4.49. The summed E-state index contributed by atoms with van der Waals surface area (Å²) in [6.45, 7) is 5.35. The number of ether oxygens (including phenoxy) is 1. The molecule has 2 aromatic rings. The summed E-state index contributed by atoms with van der Waals surface area (Å²) in [6, 6.07) is 6.96. The second-order valence-corrected chi connectivity index (χ2v) is 7.98. The van der Waals surface area contributed by atoms with Gasteiger partial charge in [-0.05, 0) is 26.3 Å². The quantitative estimate of drug-likeness (QED) is 0.859. The number of nitrogens with one attached hydrogen (secondary N) is 1. The van der Waals surface area contributed by atoms with Gasteiger partial charge >= 0.3 is 6.03 Å². The van der Waals surface area contributed by atoms with Crippen molar-refractivity contribution < 1.29 is 14.3 Å². The largest absolute Gasteiger partial charge is 0.486 e. The summed E-state index contributed by atoms with van der Waals surface area (Å²) >= 11 is 0. The minimum Gasteiger partial charge on any atom is -0.486 e. The molecule has 2 aliphatic rings. The van der Waals surface area contributed by atoms with Gasteiger partial charge in [0.1, 0.15) is 17.4 Å². The van der Waals surface area contributed by atoms with Crippen molar-refractivity contribution in [2.24, 2.45) is 7.05 Å². The van der Waals surface area contributed by atoms with Crippen molar-refractivity contribution in [3.63, 3.8) is 0 Å². The number of para-hydroxylation sites is 1. The van der Waals surface area contributed by atoms with E-state index in [1.54, 1.807) is 26.9 Å². The van der Waals surface area contributed by atoms with E-state index < -0.39 is 11.6 Å². The molecular weight excluding hydrogens is 358 g/mol. The summed E-state index contributed by atoms with van der Waals surface area (Å²) < 4.78 is 7.74. The smallest absolute Gasteiger partial charge is 0.318 e.